The number of halogens is 1. The average molecular weight is 409 g/mol. The second kappa shape index (κ2) is 7.20. The van der Waals surface area contributed by atoms with Crippen LogP contribution in [-0.4, -0.2) is 28.9 Å². The van der Waals surface area contributed by atoms with Crippen LogP contribution in [0.25, 0.3) is 22.2 Å². The first-order valence-electron chi connectivity index (χ1n) is 9.07. The summed E-state index contributed by atoms with van der Waals surface area (Å²) in [7, 11) is 0. The molecule has 4 rings (SSSR count). The topological polar surface area (TPSA) is 33.2 Å². The van der Waals surface area contributed by atoms with E-state index in [9.17, 15) is 4.79 Å². The molecule has 0 saturated carbocycles. The summed E-state index contributed by atoms with van der Waals surface area (Å²) in [5.74, 6) is 0.667. The lowest BCUT2D eigenvalue weighted by Gasteiger charge is -2.31. The van der Waals surface area contributed by atoms with Gasteiger partial charge in [-0.3, -0.25) is 4.79 Å². The first-order valence-corrected chi connectivity index (χ1v) is 9.86. The summed E-state index contributed by atoms with van der Waals surface area (Å²) in [6.45, 7) is 3.88. The molecule has 4 heteroatoms. The molecule has 2 heterocycles. The highest BCUT2D eigenvalue weighted by atomic mass is 79.9. The summed E-state index contributed by atoms with van der Waals surface area (Å²) in [6.07, 6.45) is 2.27. The minimum Gasteiger partial charge on any atom is -0.338 e. The van der Waals surface area contributed by atoms with Crippen molar-refractivity contribution < 1.29 is 4.79 Å². The number of nitrogens with zero attached hydrogens (tertiary/aromatic N) is 2. The lowest BCUT2D eigenvalue weighted by molar-refractivity contribution is 0.0685. The van der Waals surface area contributed by atoms with Gasteiger partial charge in [0, 0.05) is 28.5 Å². The molecule has 1 amide bonds. The van der Waals surface area contributed by atoms with Gasteiger partial charge in [0.05, 0.1) is 16.8 Å². The number of likely N-dealkylation sites (tertiary alicyclic amines) is 1. The minimum absolute atomic E-state index is 0.110. The van der Waals surface area contributed by atoms with E-state index in [1.54, 1.807) is 0 Å². The van der Waals surface area contributed by atoms with Crippen molar-refractivity contribution in [2.45, 2.75) is 19.8 Å². The third kappa shape index (κ3) is 3.38. The van der Waals surface area contributed by atoms with Crippen LogP contribution in [0.1, 0.15) is 30.1 Å². The van der Waals surface area contributed by atoms with Gasteiger partial charge in [-0.25, -0.2) is 4.98 Å². The van der Waals surface area contributed by atoms with E-state index < -0.39 is 0 Å². The van der Waals surface area contributed by atoms with Crippen LogP contribution >= 0.6 is 15.9 Å². The number of hydrogen-bond donors (Lipinski definition) is 0. The molecule has 0 bridgehead atoms. The number of amides is 1. The van der Waals surface area contributed by atoms with Crippen LogP contribution in [0.3, 0.4) is 0 Å². The van der Waals surface area contributed by atoms with Crippen molar-refractivity contribution in [1.29, 1.82) is 0 Å². The van der Waals surface area contributed by atoms with Crippen LogP contribution in [0.5, 0.6) is 0 Å². The summed E-state index contributed by atoms with van der Waals surface area (Å²) < 4.78 is 0.959. The van der Waals surface area contributed by atoms with Crippen molar-refractivity contribution in [1.82, 2.24) is 9.88 Å². The van der Waals surface area contributed by atoms with E-state index in [0.717, 1.165) is 51.7 Å². The lowest BCUT2D eigenvalue weighted by atomic mass is 9.98. The predicted octanol–water partition coefficient (Wildman–Crippen LogP) is 5.54. The van der Waals surface area contributed by atoms with Crippen molar-refractivity contribution >= 4 is 32.7 Å². The van der Waals surface area contributed by atoms with E-state index >= 15 is 0 Å². The number of benzene rings is 2. The fourth-order valence-corrected chi connectivity index (χ4v) is 4.04. The van der Waals surface area contributed by atoms with E-state index in [1.165, 1.54) is 6.42 Å². The zero-order chi connectivity index (χ0) is 18.1. The third-order valence-electron chi connectivity index (χ3n) is 5.01. The molecule has 1 fully saturated rings. The van der Waals surface area contributed by atoms with Gasteiger partial charge in [0.2, 0.25) is 0 Å². The Bertz CT molecular complexity index is 955. The van der Waals surface area contributed by atoms with Gasteiger partial charge in [0.25, 0.3) is 5.91 Å². The summed E-state index contributed by atoms with van der Waals surface area (Å²) in [6, 6.07) is 17.9. The maximum atomic E-state index is 13.3. The first-order chi connectivity index (χ1) is 12.6. The minimum atomic E-state index is 0.110. The maximum absolute atomic E-state index is 13.3. The smallest absolute Gasteiger partial charge is 0.254 e. The molecule has 0 aliphatic carbocycles. The van der Waals surface area contributed by atoms with Gasteiger partial charge in [-0.15, -0.1) is 0 Å². The van der Waals surface area contributed by atoms with Crippen molar-refractivity contribution in [3.05, 3.63) is 64.6 Å². The van der Waals surface area contributed by atoms with Crippen LogP contribution in [-0.2, 0) is 0 Å². The van der Waals surface area contributed by atoms with Crippen molar-refractivity contribution in [3.63, 3.8) is 0 Å². The molecule has 0 N–H and O–H groups in total. The molecular formula is C22H21BrN2O. The predicted molar refractivity (Wildman–Crippen MR) is 109 cm³/mol. The number of rotatable bonds is 2. The number of hydrogen-bond acceptors (Lipinski definition) is 2. The molecule has 0 unspecified atom stereocenters. The normalized spacial score (nSPS) is 17.5. The van der Waals surface area contributed by atoms with E-state index in [4.69, 9.17) is 4.98 Å². The van der Waals surface area contributed by atoms with Crippen LogP contribution in [0, 0.1) is 5.92 Å². The molecule has 0 radical (unpaired) electrons. The Balaban J connectivity index is 1.85. The molecule has 1 saturated heterocycles. The molecule has 3 nitrogen and oxygen atoms in total. The molecular weight excluding hydrogens is 388 g/mol. The van der Waals surface area contributed by atoms with Gasteiger partial charge in [-0.2, -0.15) is 0 Å². The van der Waals surface area contributed by atoms with Gasteiger partial charge in [-0.05, 0) is 43.0 Å². The van der Waals surface area contributed by atoms with Crippen molar-refractivity contribution in [2.24, 2.45) is 5.92 Å². The molecule has 3 aromatic rings. The Morgan fingerprint density at radius 1 is 1.15 bits per heavy atom. The average Bonchev–Trinajstić information content (AvgIpc) is 2.67. The van der Waals surface area contributed by atoms with Crippen LogP contribution in [0.15, 0.2) is 59.1 Å². The Morgan fingerprint density at radius 2 is 1.96 bits per heavy atom. The number of carbonyl (C=O) groups excluding carboxylic acids is 1. The van der Waals surface area contributed by atoms with Gasteiger partial charge in [0.15, 0.2) is 0 Å². The molecule has 0 spiro atoms. The Kier molecular flexibility index (Phi) is 4.77. The Labute approximate surface area is 162 Å². The SMILES string of the molecule is C[C@@H]1CCCN(C(=O)c2cc(-c3ccccc3)nc3ccc(Br)cc23)C1. The fourth-order valence-electron chi connectivity index (χ4n) is 3.68. The highest BCUT2D eigenvalue weighted by Crippen LogP contribution is 2.29. The van der Waals surface area contributed by atoms with E-state index in [1.807, 2.05) is 59.5 Å². The number of pyridine rings is 1. The molecule has 26 heavy (non-hydrogen) atoms. The summed E-state index contributed by atoms with van der Waals surface area (Å²) in [4.78, 5) is 20.1. The van der Waals surface area contributed by atoms with Crippen molar-refractivity contribution in [3.8, 4) is 11.3 Å². The molecule has 132 valence electrons. The second-order valence-electron chi connectivity index (χ2n) is 7.08. The van der Waals surface area contributed by atoms with E-state index in [0.29, 0.717) is 5.92 Å². The molecule has 1 aliphatic heterocycles. The first kappa shape index (κ1) is 17.2. The van der Waals surface area contributed by atoms with Crippen LogP contribution in [0.2, 0.25) is 0 Å². The van der Waals surface area contributed by atoms with Gasteiger partial charge < -0.3 is 4.90 Å². The van der Waals surface area contributed by atoms with E-state index in [2.05, 4.69) is 22.9 Å². The zero-order valence-electron chi connectivity index (χ0n) is 14.8. The summed E-state index contributed by atoms with van der Waals surface area (Å²) in [5, 5.41) is 0.905. The number of aromatic nitrogens is 1. The van der Waals surface area contributed by atoms with E-state index in [-0.39, 0.29) is 5.91 Å². The van der Waals surface area contributed by atoms with Gasteiger partial charge in [-0.1, -0.05) is 53.2 Å². The fraction of sp³-hybridized carbons (Fsp3) is 0.273. The standard InChI is InChI=1S/C22H21BrN2O/c1-15-6-5-11-25(14-15)22(26)19-13-21(16-7-3-2-4-8-16)24-20-10-9-17(23)12-18(19)20/h2-4,7-10,12-13,15H,5-6,11,14H2,1H3/t15-/m1/s1. The van der Waals surface area contributed by atoms with Gasteiger partial charge in [0.1, 0.15) is 0 Å². The molecule has 1 aliphatic rings. The molecule has 1 aromatic heterocycles. The van der Waals surface area contributed by atoms with Crippen molar-refractivity contribution in [2.75, 3.05) is 13.1 Å². The van der Waals surface area contributed by atoms with Gasteiger partial charge >= 0.3 is 0 Å². The lowest BCUT2D eigenvalue weighted by Crippen LogP contribution is -2.39. The Morgan fingerprint density at radius 3 is 2.73 bits per heavy atom. The molecule has 1 atom stereocenters. The molecule has 2 aromatic carbocycles. The maximum Gasteiger partial charge on any atom is 0.254 e. The number of carbonyl (C=O) groups is 1. The number of fused-ring (bicyclic) bond motifs is 1. The highest BCUT2D eigenvalue weighted by Gasteiger charge is 2.24. The second-order valence-corrected chi connectivity index (χ2v) is 8.00. The monoisotopic (exact) mass is 408 g/mol. The number of piperidine rings is 1. The highest BCUT2D eigenvalue weighted by molar-refractivity contribution is 9.10. The largest absolute Gasteiger partial charge is 0.338 e. The summed E-state index contributed by atoms with van der Waals surface area (Å²) in [5.41, 5.74) is 3.46. The third-order valence-corrected chi connectivity index (χ3v) is 5.51. The Hall–Kier alpha value is -2.20. The summed E-state index contributed by atoms with van der Waals surface area (Å²) >= 11 is 3.53. The van der Waals surface area contributed by atoms with Crippen LogP contribution in [0.4, 0.5) is 0 Å². The zero-order valence-corrected chi connectivity index (χ0v) is 16.4. The van der Waals surface area contributed by atoms with Crippen LogP contribution < -0.4 is 0 Å². The quantitative estimate of drug-likeness (QED) is 0.557.